The quantitative estimate of drug-likeness (QED) is 0.795. The number of nitrogens with two attached hydrogens (primary N) is 1. The molecule has 6 heteroatoms. The van der Waals surface area contributed by atoms with Crippen LogP contribution in [0.25, 0.3) is 11.0 Å². The molecule has 2 heterocycles. The summed E-state index contributed by atoms with van der Waals surface area (Å²) in [5.74, 6) is 1.33. The Hall–Kier alpha value is -1.53. The molecule has 0 amide bonds. The van der Waals surface area contributed by atoms with Crippen LogP contribution in [0, 0.1) is 0 Å². The summed E-state index contributed by atoms with van der Waals surface area (Å²) in [6.45, 7) is 0.714. The third-order valence-electron chi connectivity index (χ3n) is 2.93. The van der Waals surface area contributed by atoms with Crippen LogP contribution in [0.15, 0.2) is 34.1 Å². The first-order chi connectivity index (χ1) is 9.17. The summed E-state index contributed by atoms with van der Waals surface area (Å²) in [6.07, 6.45) is 0. The van der Waals surface area contributed by atoms with Crippen LogP contribution in [0.5, 0.6) is 5.75 Å². The Morgan fingerprint density at radius 1 is 1.37 bits per heavy atom. The standard InChI is InChI=1S/C13H12BrN3OS/c1-18-8-2-4-10-11(6-8)17(13(15)16-10)7-9-3-5-12(14)19-9/h2-6H,7H2,1H3,(H2,15,16). The van der Waals surface area contributed by atoms with Crippen LogP contribution < -0.4 is 10.5 Å². The first-order valence-corrected chi connectivity index (χ1v) is 7.32. The molecule has 2 N–H and O–H groups in total. The summed E-state index contributed by atoms with van der Waals surface area (Å²) in [4.78, 5) is 5.59. The van der Waals surface area contributed by atoms with E-state index in [1.165, 1.54) is 4.88 Å². The monoisotopic (exact) mass is 337 g/mol. The summed E-state index contributed by atoms with van der Waals surface area (Å²) in [5, 5.41) is 0. The van der Waals surface area contributed by atoms with Gasteiger partial charge in [0.05, 0.1) is 28.5 Å². The highest BCUT2D eigenvalue weighted by atomic mass is 79.9. The van der Waals surface area contributed by atoms with Gasteiger partial charge in [0.25, 0.3) is 0 Å². The molecule has 0 fully saturated rings. The lowest BCUT2D eigenvalue weighted by atomic mass is 10.3. The molecule has 3 aromatic rings. The zero-order chi connectivity index (χ0) is 13.4. The number of thiophene rings is 1. The number of rotatable bonds is 3. The van der Waals surface area contributed by atoms with Gasteiger partial charge in [-0.3, -0.25) is 0 Å². The molecule has 0 atom stereocenters. The number of imidazole rings is 1. The van der Waals surface area contributed by atoms with Crippen molar-refractivity contribution in [2.45, 2.75) is 6.54 Å². The summed E-state index contributed by atoms with van der Waals surface area (Å²) in [7, 11) is 1.65. The van der Waals surface area contributed by atoms with Gasteiger partial charge in [-0.25, -0.2) is 4.98 Å². The predicted molar refractivity (Wildman–Crippen MR) is 81.8 cm³/mol. The fraction of sp³-hybridized carbons (Fsp3) is 0.154. The fourth-order valence-electron chi connectivity index (χ4n) is 2.01. The Kier molecular flexibility index (Phi) is 3.20. The number of hydrogen-bond acceptors (Lipinski definition) is 4. The molecule has 4 nitrogen and oxygen atoms in total. The molecule has 0 aliphatic carbocycles. The third-order valence-corrected chi connectivity index (χ3v) is 4.54. The van der Waals surface area contributed by atoms with E-state index in [0.29, 0.717) is 12.5 Å². The number of nitrogen functional groups attached to an aromatic ring is 1. The smallest absolute Gasteiger partial charge is 0.201 e. The Bertz CT molecular complexity index is 735. The lowest BCUT2D eigenvalue weighted by Gasteiger charge is -2.05. The van der Waals surface area contributed by atoms with E-state index in [1.54, 1.807) is 18.4 Å². The van der Waals surface area contributed by atoms with Crippen LogP contribution >= 0.6 is 27.3 Å². The minimum absolute atomic E-state index is 0.521. The number of aromatic nitrogens is 2. The largest absolute Gasteiger partial charge is 0.497 e. The summed E-state index contributed by atoms with van der Waals surface area (Å²) < 4.78 is 8.36. The van der Waals surface area contributed by atoms with Crippen molar-refractivity contribution in [3.63, 3.8) is 0 Å². The number of halogens is 1. The molecule has 0 saturated carbocycles. The zero-order valence-electron chi connectivity index (χ0n) is 10.3. The molecule has 3 rings (SSSR count). The van der Waals surface area contributed by atoms with Crippen LogP contribution in [-0.2, 0) is 6.54 Å². The third kappa shape index (κ3) is 2.33. The molecule has 0 spiro atoms. The lowest BCUT2D eigenvalue weighted by molar-refractivity contribution is 0.415. The molecular weight excluding hydrogens is 326 g/mol. The highest BCUT2D eigenvalue weighted by Gasteiger charge is 2.10. The predicted octanol–water partition coefficient (Wildman–Crippen LogP) is 3.50. The number of methoxy groups -OCH3 is 1. The summed E-state index contributed by atoms with van der Waals surface area (Å²) >= 11 is 5.16. The second kappa shape index (κ2) is 4.86. The van der Waals surface area contributed by atoms with Crippen LogP contribution in [0.4, 0.5) is 5.95 Å². The molecular formula is C13H12BrN3OS. The molecule has 0 saturated heterocycles. The summed E-state index contributed by atoms with van der Waals surface area (Å²) in [6, 6.07) is 9.89. The normalized spacial score (nSPS) is 11.1. The van der Waals surface area contributed by atoms with Crippen LogP contribution in [0.1, 0.15) is 4.88 Å². The van der Waals surface area contributed by atoms with Gasteiger partial charge in [-0.15, -0.1) is 11.3 Å². The van der Waals surface area contributed by atoms with E-state index in [1.807, 2.05) is 28.8 Å². The van der Waals surface area contributed by atoms with Crippen molar-refractivity contribution in [3.05, 3.63) is 39.0 Å². The molecule has 0 aliphatic rings. The van der Waals surface area contributed by atoms with Crippen LogP contribution in [0.3, 0.4) is 0 Å². The van der Waals surface area contributed by atoms with Gasteiger partial charge in [0.15, 0.2) is 0 Å². The molecule has 1 aromatic carbocycles. The maximum atomic E-state index is 6.00. The maximum absolute atomic E-state index is 6.00. The number of benzene rings is 1. The van der Waals surface area contributed by atoms with E-state index in [-0.39, 0.29) is 0 Å². The molecule has 0 unspecified atom stereocenters. The number of hydrogen-bond donors (Lipinski definition) is 1. The van der Waals surface area contributed by atoms with Crippen LogP contribution in [-0.4, -0.2) is 16.7 Å². The second-order valence-electron chi connectivity index (χ2n) is 4.12. The number of anilines is 1. The van der Waals surface area contributed by atoms with Gasteiger partial charge >= 0.3 is 0 Å². The van der Waals surface area contributed by atoms with Gasteiger partial charge in [0.2, 0.25) is 5.95 Å². The van der Waals surface area contributed by atoms with Crippen molar-refractivity contribution in [2.75, 3.05) is 12.8 Å². The number of fused-ring (bicyclic) bond motifs is 1. The molecule has 0 radical (unpaired) electrons. The average Bonchev–Trinajstić information content (AvgIpc) is 2.94. The first kappa shape index (κ1) is 12.5. The van der Waals surface area contributed by atoms with E-state index in [4.69, 9.17) is 10.5 Å². The Balaban J connectivity index is 2.08. The van der Waals surface area contributed by atoms with Crippen molar-refractivity contribution < 1.29 is 4.74 Å². The first-order valence-electron chi connectivity index (χ1n) is 5.71. The van der Waals surface area contributed by atoms with Gasteiger partial charge in [-0.2, -0.15) is 0 Å². The van der Waals surface area contributed by atoms with Crippen LogP contribution in [0.2, 0.25) is 0 Å². The minimum atomic E-state index is 0.521. The topological polar surface area (TPSA) is 53.1 Å². The molecule has 0 aliphatic heterocycles. The minimum Gasteiger partial charge on any atom is -0.497 e. The van der Waals surface area contributed by atoms with Crippen molar-refractivity contribution in [1.29, 1.82) is 0 Å². The molecule has 2 aromatic heterocycles. The highest BCUT2D eigenvalue weighted by Crippen LogP contribution is 2.27. The fourth-order valence-corrected chi connectivity index (χ4v) is 3.48. The number of ether oxygens (including phenoxy) is 1. The number of nitrogens with zero attached hydrogens (tertiary/aromatic N) is 2. The van der Waals surface area contributed by atoms with E-state index in [0.717, 1.165) is 20.6 Å². The Labute approximate surface area is 123 Å². The summed E-state index contributed by atoms with van der Waals surface area (Å²) in [5.41, 5.74) is 7.87. The van der Waals surface area contributed by atoms with Gasteiger partial charge in [0.1, 0.15) is 5.75 Å². The Morgan fingerprint density at radius 3 is 2.89 bits per heavy atom. The van der Waals surface area contributed by atoms with Crippen molar-refractivity contribution in [2.24, 2.45) is 0 Å². The molecule has 98 valence electrons. The van der Waals surface area contributed by atoms with Gasteiger partial charge in [-0.05, 0) is 40.2 Å². The SMILES string of the molecule is COc1ccc2nc(N)n(Cc3ccc(Br)s3)c2c1. The molecule has 19 heavy (non-hydrogen) atoms. The Morgan fingerprint density at radius 2 is 2.21 bits per heavy atom. The van der Waals surface area contributed by atoms with Crippen molar-refractivity contribution in [3.8, 4) is 5.75 Å². The van der Waals surface area contributed by atoms with E-state index in [9.17, 15) is 0 Å². The zero-order valence-corrected chi connectivity index (χ0v) is 12.7. The van der Waals surface area contributed by atoms with E-state index in [2.05, 4.69) is 27.0 Å². The highest BCUT2D eigenvalue weighted by molar-refractivity contribution is 9.11. The van der Waals surface area contributed by atoms with Gasteiger partial charge in [0, 0.05) is 10.9 Å². The van der Waals surface area contributed by atoms with Crippen molar-refractivity contribution in [1.82, 2.24) is 9.55 Å². The van der Waals surface area contributed by atoms with E-state index >= 15 is 0 Å². The van der Waals surface area contributed by atoms with Gasteiger partial charge in [-0.1, -0.05) is 0 Å². The van der Waals surface area contributed by atoms with E-state index < -0.39 is 0 Å². The average molecular weight is 338 g/mol. The second-order valence-corrected chi connectivity index (χ2v) is 6.66. The maximum Gasteiger partial charge on any atom is 0.201 e. The molecule has 0 bridgehead atoms. The van der Waals surface area contributed by atoms with Crippen molar-refractivity contribution >= 4 is 44.2 Å². The van der Waals surface area contributed by atoms with Gasteiger partial charge < -0.3 is 15.0 Å². The lowest BCUT2D eigenvalue weighted by Crippen LogP contribution is -2.03.